The molecule has 128 valence electrons. The van der Waals surface area contributed by atoms with Gasteiger partial charge in [0.2, 0.25) is 0 Å². The molecule has 0 radical (unpaired) electrons. The number of rotatable bonds is 4. The van der Waals surface area contributed by atoms with Crippen LogP contribution in [-0.4, -0.2) is 9.49 Å². The van der Waals surface area contributed by atoms with Crippen molar-refractivity contribution in [2.24, 2.45) is 4.99 Å². The van der Waals surface area contributed by atoms with Crippen LogP contribution in [0.4, 0.5) is 11.4 Å². The zero-order valence-electron chi connectivity index (χ0n) is 14.3. The Morgan fingerprint density at radius 1 is 1.08 bits per heavy atom. The summed E-state index contributed by atoms with van der Waals surface area (Å²) < 4.78 is 2.16. The average molecular weight is 353 g/mol. The molecular weight excluding hydrogens is 334 g/mol. The van der Waals surface area contributed by atoms with Gasteiger partial charge in [-0.3, -0.25) is 10.1 Å². The van der Waals surface area contributed by atoms with Crippen LogP contribution < -0.4 is 4.80 Å². The van der Waals surface area contributed by atoms with Crippen LogP contribution in [0.3, 0.4) is 0 Å². The molecule has 0 spiro atoms. The molecule has 0 N–H and O–H groups in total. The van der Waals surface area contributed by atoms with Gasteiger partial charge in [0.1, 0.15) is 0 Å². The number of hydrogen-bond acceptors (Lipinski definition) is 4. The zero-order valence-corrected chi connectivity index (χ0v) is 15.2. The Morgan fingerprint density at radius 3 is 2.28 bits per heavy atom. The number of nitrogens with zero attached hydrogens (tertiary/aromatic N) is 3. The highest BCUT2D eigenvalue weighted by molar-refractivity contribution is 7.07. The molecule has 0 unspecified atom stereocenters. The minimum Gasteiger partial charge on any atom is -0.314 e. The second-order valence-electron chi connectivity index (χ2n) is 6.12. The number of benzene rings is 2. The Labute approximate surface area is 150 Å². The van der Waals surface area contributed by atoms with Crippen LogP contribution >= 0.6 is 11.3 Å². The number of nitro groups is 1. The lowest BCUT2D eigenvalue weighted by molar-refractivity contribution is -0.384. The number of hydrogen-bond donors (Lipinski definition) is 0. The van der Waals surface area contributed by atoms with Gasteiger partial charge in [0.25, 0.3) is 5.69 Å². The predicted octanol–water partition coefficient (Wildman–Crippen LogP) is 5.25. The highest BCUT2D eigenvalue weighted by Crippen LogP contribution is 2.25. The van der Waals surface area contributed by atoms with Crippen LogP contribution in [0.1, 0.15) is 25.5 Å². The topological polar surface area (TPSA) is 60.4 Å². The largest absolute Gasteiger partial charge is 0.314 e. The van der Waals surface area contributed by atoms with Crippen molar-refractivity contribution in [1.29, 1.82) is 0 Å². The summed E-state index contributed by atoms with van der Waals surface area (Å²) in [4.78, 5) is 16.1. The summed E-state index contributed by atoms with van der Waals surface area (Å²) in [5, 5.41) is 12.9. The van der Waals surface area contributed by atoms with Gasteiger partial charge >= 0.3 is 0 Å². The van der Waals surface area contributed by atoms with Crippen LogP contribution in [-0.2, 0) is 0 Å². The molecule has 0 aliphatic rings. The summed E-state index contributed by atoms with van der Waals surface area (Å²) in [6, 6.07) is 15.0. The first-order chi connectivity index (χ1) is 12.0. The van der Waals surface area contributed by atoms with Crippen LogP contribution in [0, 0.1) is 17.0 Å². The van der Waals surface area contributed by atoms with Crippen molar-refractivity contribution in [2.45, 2.75) is 26.8 Å². The van der Waals surface area contributed by atoms with Gasteiger partial charge in [-0.1, -0.05) is 17.7 Å². The Balaban J connectivity index is 2.08. The van der Waals surface area contributed by atoms with E-state index in [-0.39, 0.29) is 16.7 Å². The normalized spacial score (nSPS) is 11.9. The summed E-state index contributed by atoms with van der Waals surface area (Å²) in [7, 11) is 0. The maximum Gasteiger partial charge on any atom is 0.269 e. The molecule has 0 aliphatic carbocycles. The molecule has 0 bridgehead atoms. The van der Waals surface area contributed by atoms with Gasteiger partial charge in [0.05, 0.1) is 16.3 Å². The Bertz CT molecular complexity index is 952. The van der Waals surface area contributed by atoms with Crippen molar-refractivity contribution in [1.82, 2.24) is 4.57 Å². The van der Waals surface area contributed by atoms with E-state index in [1.165, 1.54) is 17.7 Å². The van der Waals surface area contributed by atoms with E-state index in [9.17, 15) is 10.1 Å². The lowest BCUT2D eigenvalue weighted by Gasteiger charge is -2.12. The molecule has 0 fully saturated rings. The van der Waals surface area contributed by atoms with E-state index in [0.29, 0.717) is 0 Å². The molecule has 6 heteroatoms. The first-order valence-corrected chi connectivity index (χ1v) is 8.90. The fourth-order valence-electron chi connectivity index (χ4n) is 2.60. The molecule has 0 saturated heterocycles. The Morgan fingerprint density at radius 2 is 1.72 bits per heavy atom. The molecule has 0 atom stereocenters. The van der Waals surface area contributed by atoms with Crippen LogP contribution in [0.25, 0.3) is 11.3 Å². The van der Waals surface area contributed by atoms with Gasteiger partial charge < -0.3 is 4.57 Å². The molecule has 0 saturated carbocycles. The number of non-ortho nitro benzene ring substituents is 1. The molecule has 1 aromatic heterocycles. The summed E-state index contributed by atoms with van der Waals surface area (Å²) in [6.07, 6.45) is 0. The third kappa shape index (κ3) is 3.69. The van der Waals surface area contributed by atoms with Crippen molar-refractivity contribution >= 4 is 22.7 Å². The van der Waals surface area contributed by atoms with Gasteiger partial charge in [-0.2, -0.15) is 0 Å². The lowest BCUT2D eigenvalue weighted by Crippen LogP contribution is -2.17. The molecule has 3 aromatic rings. The van der Waals surface area contributed by atoms with Gasteiger partial charge in [-0.15, -0.1) is 11.3 Å². The Hall–Kier alpha value is -2.73. The van der Waals surface area contributed by atoms with E-state index in [1.807, 2.05) is 29.6 Å². The van der Waals surface area contributed by atoms with Crippen molar-refractivity contribution in [3.63, 3.8) is 0 Å². The zero-order chi connectivity index (χ0) is 18.0. The van der Waals surface area contributed by atoms with Crippen molar-refractivity contribution < 1.29 is 4.92 Å². The second kappa shape index (κ2) is 7.03. The molecule has 0 amide bonds. The van der Waals surface area contributed by atoms with E-state index in [0.717, 1.165) is 21.7 Å². The number of nitro benzene ring substituents is 1. The maximum atomic E-state index is 10.8. The molecule has 0 aliphatic heterocycles. The molecule has 25 heavy (non-hydrogen) atoms. The fraction of sp³-hybridized carbons (Fsp3) is 0.211. The van der Waals surface area contributed by atoms with Crippen LogP contribution in [0.15, 0.2) is 58.9 Å². The minimum atomic E-state index is -0.383. The van der Waals surface area contributed by atoms with E-state index in [4.69, 9.17) is 4.99 Å². The smallest absolute Gasteiger partial charge is 0.269 e. The summed E-state index contributed by atoms with van der Waals surface area (Å²) >= 11 is 1.57. The van der Waals surface area contributed by atoms with Crippen molar-refractivity contribution in [3.8, 4) is 11.3 Å². The summed E-state index contributed by atoms with van der Waals surface area (Å²) in [5.41, 5.74) is 4.17. The fourth-order valence-corrected chi connectivity index (χ4v) is 3.64. The first kappa shape index (κ1) is 17.1. The van der Waals surface area contributed by atoms with Gasteiger partial charge in [-0.25, -0.2) is 4.99 Å². The molecule has 2 aromatic carbocycles. The minimum absolute atomic E-state index is 0.0969. The van der Waals surface area contributed by atoms with Crippen LogP contribution in [0.2, 0.25) is 0 Å². The van der Waals surface area contributed by atoms with Crippen molar-refractivity contribution in [2.75, 3.05) is 0 Å². The van der Waals surface area contributed by atoms with Gasteiger partial charge in [0.15, 0.2) is 4.80 Å². The highest BCUT2D eigenvalue weighted by Gasteiger charge is 2.12. The third-order valence-corrected chi connectivity index (χ3v) is 4.73. The molecule has 1 heterocycles. The van der Waals surface area contributed by atoms with Crippen LogP contribution in [0.5, 0.6) is 0 Å². The predicted molar refractivity (Wildman–Crippen MR) is 101 cm³/mol. The van der Waals surface area contributed by atoms with Gasteiger partial charge in [0, 0.05) is 23.6 Å². The number of thiazole rings is 1. The number of aryl methyl sites for hydroxylation is 1. The lowest BCUT2D eigenvalue weighted by atomic mass is 10.1. The van der Waals surface area contributed by atoms with Gasteiger partial charge in [-0.05, 0) is 50.6 Å². The van der Waals surface area contributed by atoms with Crippen molar-refractivity contribution in [3.05, 3.63) is 74.4 Å². The average Bonchev–Trinajstić information content (AvgIpc) is 3.01. The van der Waals surface area contributed by atoms with E-state index in [2.05, 4.69) is 25.3 Å². The SMILES string of the molecule is Cc1ccc(N=c2scc(-c3ccc([N+](=O)[O-])cc3)n2C(C)C)cc1. The highest BCUT2D eigenvalue weighted by atomic mass is 32.1. The first-order valence-electron chi connectivity index (χ1n) is 8.02. The Kier molecular flexibility index (Phi) is 4.81. The molecular formula is C19H19N3O2S. The summed E-state index contributed by atoms with van der Waals surface area (Å²) in [6.45, 7) is 6.27. The van der Waals surface area contributed by atoms with E-state index in [1.54, 1.807) is 23.5 Å². The maximum absolute atomic E-state index is 10.8. The standard InChI is InChI=1S/C19H19N3O2S/c1-13(2)21-18(15-6-10-17(11-7-15)22(23)24)12-25-19(21)20-16-8-4-14(3)5-9-16/h4-13H,1-3H3. The quantitative estimate of drug-likeness (QED) is 0.475. The second-order valence-corrected chi connectivity index (χ2v) is 6.96. The monoisotopic (exact) mass is 353 g/mol. The third-order valence-electron chi connectivity index (χ3n) is 3.89. The molecule has 5 nitrogen and oxygen atoms in total. The summed E-state index contributed by atoms with van der Waals surface area (Å²) in [5.74, 6) is 0. The van der Waals surface area contributed by atoms with E-state index < -0.39 is 0 Å². The number of aromatic nitrogens is 1. The van der Waals surface area contributed by atoms with E-state index >= 15 is 0 Å². The molecule has 3 rings (SSSR count).